The number of hydrogen-bond donors (Lipinski definition) is 2. The quantitative estimate of drug-likeness (QED) is 0.846. The molecule has 106 valence electrons. The van der Waals surface area contributed by atoms with Crippen LogP contribution in [0.15, 0.2) is 60.9 Å². The monoisotopic (exact) mass is 281 g/mol. The van der Waals surface area contributed by atoms with E-state index in [0.717, 1.165) is 0 Å². The highest BCUT2D eigenvalue weighted by Crippen LogP contribution is 2.21. The summed E-state index contributed by atoms with van der Waals surface area (Å²) in [5.74, 6) is -0.531. The van der Waals surface area contributed by atoms with E-state index in [1.54, 1.807) is 55.6 Å². The maximum Gasteiger partial charge on any atom is 0.257 e. The van der Waals surface area contributed by atoms with Crippen LogP contribution in [0.5, 0.6) is 0 Å². The topological polar surface area (TPSA) is 71.1 Å². The average Bonchev–Trinajstić information content (AvgIpc) is 2.50. The lowest BCUT2D eigenvalue weighted by Crippen LogP contribution is -2.15. The van der Waals surface area contributed by atoms with Crippen LogP contribution in [0.25, 0.3) is 0 Å². The molecule has 5 nitrogen and oxygen atoms in total. The lowest BCUT2D eigenvalue weighted by atomic mass is 10.2. The molecule has 2 amide bonds. The van der Waals surface area contributed by atoms with E-state index in [-0.39, 0.29) is 11.8 Å². The minimum atomic E-state index is -0.282. The van der Waals surface area contributed by atoms with Gasteiger partial charge in [-0.15, -0.1) is 0 Å². The van der Waals surface area contributed by atoms with Gasteiger partial charge in [-0.1, -0.05) is 18.2 Å². The third kappa shape index (κ3) is 4.01. The molecule has 0 fully saturated rings. The van der Waals surface area contributed by atoms with Crippen LogP contribution in [-0.2, 0) is 4.79 Å². The summed E-state index contributed by atoms with van der Waals surface area (Å²) in [5, 5.41) is 5.47. The van der Waals surface area contributed by atoms with E-state index in [2.05, 4.69) is 15.6 Å². The number of nitrogens with zero attached hydrogens (tertiary/aromatic N) is 1. The van der Waals surface area contributed by atoms with E-state index in [0.29, 0.717) is 16.9 Å². The Morgan fingerprint density at radius 2 is 1.76 bits per heavy atom. The van der Waals surface area contributed by atoms with E-state index in [1.807, 2.05) is 0 Å². The van der Waals surface area contributed by atoms with E-state index in [9.17, 15) is 9.59 Å². The van der Waals surface area contributed by atoms with Gasteiger partial charge in [0.1, 0.15) is 0 Å². The van der Waals surface area contributed by atoms with Gasteiger partial charge in [0.2, 0.25) is 5.91 Å². The van der Waals surface area contributed by atoms with Crippen molar-refractivity contribution < 1.29 is 9.59 Å². The molecule has 2 N–H and O–H groups in total. The summed E-state index contributed by atoms with van der Waals surface area (Å²) >= 11 is 0. The van der Waals surface area contributed by atoms with Gasteiger partial charge in [0.25, 0.3) is 5.91 Å². The van der Waals surface area contributed by atoms with E-state index < -0.39 is 0 Å². The first-order chi connectivity index (χ1) is 10.2. The third-order valence-electron chi connectivity index (χ3n) is 2.67. The number of pyridine rings is 1. The van der Waals surface area contributed by atoms with Gasteiger partial charge >= 0.3 is 0 Å². The minimum absolute atomic E-state index is 0.249. The summed E-state index contributed by atoms with van der Waals surface area (Å²) in [4.78, 5) is 27.6. The molecule has 0 aliphatic heterocycles. The van der Waals surface area contributed by atoms with Crippen LogP contribution in [0.3, 0.4) is 0 Å². The Bertz CT molecular complexity index is 666. The van der Waals surface area contributed by atoms with Crippen molar-refractivity contribution in [3.05, 3.63) is 66.5 Å². The fraction of sp³-hybridized carbons (Fsp3) is 0.0625. The van der Waals surface area contributed by atoms with Gasteiger partial charge < -0.3 is 10.6 Å². The lowest BCUT2D eigenvalue weighted by molar-refractivity contribution is -0.111. The fourth-order valence-corrected chi connectivity index (χ4v) is 1.72. The molecule has 0 radical (unpaired) electrons. The highest BCUT2D eigenvalue weighted by atomic mass is 16.2. The summed E-state index contributed by atoms with van der Waals surface area (Å²) in [6, 6.07) is 10.4. The van der Waals surface area contributed by atoms with Crippen molar-refractivity contribution in [1.29, 1.82) is 0 Å². The summed E-state index contributed by atoms with van der Waals surface area (Å²) in [6.45, 7) is 1.76. The number of para-hydroxylation sites is 2. The van der Waals surface area contributed by atoms with Gasteiger partial charge in [-0.05, 0) is 37.3 Å². The van der Waals surface area contributed by atoms with Gasteiger partial charge in [0.15, 0.2) is 0 Å². The van der Waals surface area contributed by atoms with Crippen LogP contribution in [0, 0.1) is 0 Å². The molecule has 2 aromatic rings. The average molecular weight is 281 g/mol. The highest BCUT2D eigenvalue weighted by Gasteiger charge is 2.09. The number of carbonyl (C=O) groups excluding carboxylic acids is 2. The Balaban J connectivity index is 2.17. The van der Waals surface area contributed by atoms with Crippen LogP contribution in [0.2, 0.25) is 0 Å². The van der Waals surface area contributed by atoms with Gasteiger partial charge in [-0.3, -0.25) is 14.6 Å². The van der Waals surface area contributed by atoms with E-state index in [1.165, 1.54) is 12.3 Å². The number of nitrogens with one attached hydrogen (secondary N) is 2. The summed E-state index contributed by atoms with van der Waals surface area (Å²) in [7, 11) is 0. The SMILES string of the molecule is C/C=C/C(=O)Nc1ccccc1NC(=O)c1cccnc1. The van der Waals surface area contributed by atoms with Crippen molar-refractivity contribution in [3.8, 4) is 0 Å². The number of aromatic nitrogens is 1. The fourth-order valence-electron chi connectivity index (χ4n) is 1.72. The molecule has 0 unspecified atom stereocenters. The second kappa shape index (κ2) is 7.00. The molecule has 0 aliphatic carbocycles. The van der Waals surface area contributed by atoms with Gasteiger partial charge in [0.05, 0.1) is 16.9 Å². The van der Waals surface area contributed by atoms with Crippen molar-refractivity contribution in [1.82, 2.24) is 4.98 Å². The normalized spacial score (nSPS) is 10.3. The maximum absolute atomic E-state index is 12.1. The van der Waals surface area contributed by atoms with Crippen LogP contribution in [0.1, 0.15) is 17.3 Å². The zero-order valence-corrected chi connectivity index (χ0v) is 11.5. The van der Waals surface area contributed by atoms with Crippen LogP contribution < -0.4 is 10.6 Å². The molecular weight excluding hydrogens is 266 g/mol. The molecule has 2 rings (SSSR count). The second-order valence-corrected chi connectivity index (χ2v) is 4.23. The van der Waals surface area contributed by atoms with Gasteiger partial charge in [-0.25, -0.2) is 0 Å². The number of allylic oxidation sites excluding steroid dienone is 1. The number of hydrogen-bond acceptors (Lipinski definition) is 3. The molecular formula is C16H15N3O2. The Morgan fingerprint density at radius 1 is 1.05 bits per heavy atom. The molecule has 0 aliphatic rings. The Hall–Kier alpha value is -2.95. The Labute approximate surface area is 122 Å². The largest absolute Gasteiger partial charge is 0.321 e. The van der Waals surface area contributed by atoms with Crippen molar-refractivity contribution in [3.63, 3.8) is 0 Å². The second-order valence-electron chi connectivity index (χ2n) is 4.23. The predicted octanol–water partition coefficient (Wildman–Crippen LogP) is 2.85. The number of carbonyl (C=O) groups is 2. The molecule has 1 heterocycles. The van der Waals surface area contributed by atoms with E-state index >= 15 is 0 Å². The molecule has 1 aromatic carbocycles. The van der Waals surface area contributed by atoms with Crippen LogP contribution in [-0.4, -0.2) is 16.8 Å². The summed E-state index contributed by atoms with van der Waals surface area (Å²) in [6.07, 6.45) is 6.14. The first-order valence-corrected chi connectivity index (χ1v) is 6.45. The molecule has 1 aromatic heterocycles. The zero-order chi connectivity index (χ0) is 15.1. The first kappa shape index (κ1) is 14.5. The minimum Gasteiger partial charge on any atom is -0.321 e. The summed E-state index contributed by atoms with van der Waals surface area (Å²) < 4.78 is 0. The Kier molecular flexibility index (Phi) is 4.82. The highest BCUT2D eigenvalue weighted by molar-refractivity contribution is 6.08. The van der Waals surface area contributed by atoms with E-state index in [4.69, 9.17) is 0 Å². The standard InChI is InChI=1S/C16H15N3O2/c1-2-6-15(20)18-13-8-3-4-9-14(13)19-16(21)12-7-5-10-17-11-12/h2-11H,1H3,(H,18,20)(H,19,21)/b6-2+. The first-order valence-electron chi connectivity index (χ1n) is 6.45. The number of amides is 2. The lowest BCUT2D eigenvalue weighted by Gasteiger charge is -2.11. The van der Waals surface area contributed by atoms with Crippen LogP contribution in [0.4, 0.5) is 11.4 Å². The van der Waals surface area contributed by atoms with Crippen molar-refractivity contribution in [2.45, 2.75) is 6.92 Å². The molecule has 0 saturated heterocycles. The molecule has 21 heavy (non-hydrogen) atoms. The van der Waals surface area contributed by atoms with Gasteiger partial charge in [0, 0.05) is 12.4 Å². The van der Waals surface area contributed by atoms with Crippen molar-refractivity contribution >= 4 is 23.2 Å². The third-order valence-corrected chi connectivity index (χ3v) is 2.67. The number of anilines is 2. The zero-order valence-electron chi connectivity index (χ0n) is 11.5. The maximum atomic E-state index is 12.1. The molecule has 0 atom stereocenters. The Morgan fingerprint density at radius 3 is 2.38 bits per heavy atom. The van der Waals surface area contributed by atoms with Crippen molar-refractivity contribution in [2.24, 2.45) is 0 Å². The molecule has 5 heteroatoms. The molecule has 0 bridgehead atoms. The molecule has 0 saturated carbocycles. The number of rotatable bonds is 4. The van der Waals surface area contributed by atoms with Gasteiger partial charge in [-0.2, -0.15) is 0 Å². The number of benzene rings is 1. The van der Waals surface area contributed by atoms with Crippen LogP contribution >= 0.6 is 0 Å². The molecule has 0 spiro atoms. The van der Waals surface area contributed by atoms with Crippen molar-refractivity contribution in [2.75, 3.05) is 10.6 Å². The summed E-state index contributed by atoms with van der Waals surface area (Å²) in [5.41, 5.74) is 1.52. The smallest absolute Gasteiger partial charge is 0.257 e. The predicted molar refractivity (Wildman–Crippen MR) is 82.1 cm³/mol.